The minimum Gasteiger partial charge on any atom is -0.385 e. The van der Waals surface area contributed by atoms with Crippen LogP contribution in [0.25, 0.3) is 0 Å². The molecule has 1 fully saturated rings. The van der Waals surface area contributed by atoms with Crippen molar-refractivity contribution < 1.29 is 9.90 Å². The van der Waals surface area contributed by atoms with Gasteiger partial charge in [-0.25, -0.2) is 0 Å². The van der Waals surface area contributed by atoms with E-state index < -0.39 is 11.0 Å². The maximum atomic E-state index is 11.6. The Morgan fingerprint density at radius 1 is 1.85 bits per heavy atom. The Balaban J connectivity index is 3.09. The topological polar surface area (TPSA) is 37.3 Å². The molecule has 2 heteroatoms. The third-order valence-electron chi connectivity index (χ3n) is 3.10. The van der Waals surface area contributed by atoms with E-state index in [1.165, 1.54) is 6.08 Å². The first kappa shape index (κ1) is 10.0. The molecule has 1 N–H and O–H groups in total. The summed E-state index contributed by atoms with van der Waals surface area (Å²) < 4.78 is 0. The molecule has 1 aliphatic carbocycles. The number of hydrogen-bond acceptors (Lipinski definition) is 2. The Morgan fingerprint density at radius 2 is 2.46 bits per heavy atom. The van der Waals surface area contributed by atoms with Crippen LogP contribution in [0.3, 0.4) is 0 Å². The van der Waals surface area contributed by atoms with Crippen LogP contribution < -0.4 is 0 Å². The average molecular weight is 178 g/mol. The normalized spacial score (nSPS) is 38.7. The Morgan fingerprint density at radius 3 is 2.92 bits per heavy atom. The summed E-state index contributed by atoms with van der Waals surface area (Å²) in [5.41, 5.74) is -1.94. The smallest absolute Gasteiger partial charge is 0.143 e. The van der Waals surface area contributed by atoms with Gasteiger partial charge in [-0.05, 0) is 13.3 Å². The maximum Gasteiger partial charge on any atom is 0.143 e. The predicted molar refractivity (Wildman–Crippen MR) is 50.9 cm³/mol. The summed E-state index contributed by atoms with van der Waals surface area (Å²) in [6.45, 7) is 5.27. The molecule has 1 aliphatic rings. The van der Waals surface area contributed by atoms with Gasteiger partial charge in [0, 0.05) is 12.8 Å². The summed E-state index contributed by atoms with van der Waals surface area (Å²) >= 11 is 0. The largest absolute Gasteiger partial charge is 0.385 e. The highest BCUT2D eigenvalue weighted by Gasteiger charge is 2.54. The first-order valence-electron chi connectivity index (χ1n) is 4.33. The van der Waals surface area contributed by atoms with E-state index in [9.17, 15) is 9.90 Å². The molecule has 2 nitrogen and oxygen atoms in total. The standard InChI is InChI=1S/C11H14O2/c1-4-7-10(3)9(12)6-8-11(10,13)5-2/h1,5,13H,2,6-8H2,3H3/t10-,11+/m0/s1. The first-order chi connectivity index (χ1) is 6.00. The number of hydrogen-bond donors (Lipinski definition) is 1. The molecule has 0 aromatic heterocycles. The lowest BCUT2D eigenvalue weighted by Gasteiger charge is -2.34. The summed E-state index contributed by atoms with van der Waals surface area (Å²) in [5.74, 6) is 2.48. The van der Waals surface area contributed by atoms with Crippen molar-refractivity contribution in [2.45, 2.75) is 31.8 Å². The number of terminal acetylenes is 1. The lowest BCUT2D eigenvalue weighted by Crippen LogP contribution is -2.43. The third kappa shape index (κ3) is 1.20. The first-order valence-corrected chi connectivity index (χ1v) is 4.33. The number of ketones is 1. The van der Waals surface area contributed by atoms with Crippen molar-refractivity contribution in [1.82, 2.24) is 0 Å². The van der Waals surface area contributed by atoms with E-state index in [2.05, 4.69) is 12.5 Å². The zero-order chi connectivity index (χ0) is 10.1. The average Bonchev–Trinajstić information content (AvgIpc) is 2.32. The van der Waals surface area contributed by atoms with Crippen LogP contribution in [0.1, 0.15) is 26.2 Å². The van der Waals surface area contributed by atoms with Crippen molar-refractivity contribution in [3.63, 3.8) is 0 Å². The van der Waals surface area contributed by atoms with E-state index in [0.717, 1.165) is 0 Å². The van der Waals surface area contributed by atoms with Crippen LogP contribution in [0.2, 0.25) is 0 Å². The van der Waals surface area contributed by atoms with E-state index in [-0.39, 0.29) is 12.2 Å². The Bertz CT molecular complexity index is 287. The molecule has 0 bridgehead atoms. The van der Waals surface area contributed by atoms with Gasteiger partial charge in [-0.2, -0.15) is 0 Å². The van der Waals surface area contributed by atoms with Gasteiger partial charge in [0.25, 0.3) is 0 Å². The van der Waals surface area contributed by atoms with Gasteiger partial charge in [0.2, 0.25) is 0 Å². The van der Waals surface area contributed by atoms with Gasteiger partial charge < -0.3 is 5.11 Å². The van der Waals surface area contributed by atoms with Crippen LogP contribution in [-0.2, 0) is 4.79 Å². The van der Waals surface area contributed by atoms with Crippen molar-refractivity contribution in [2.75, 3.05) is 0 Å². The fraction of sp³-hybridized carbons (Fsp3) is 0.545. The Kier molecular flexibility index (Phi) is 2.32. The molecule has 0 unspecified atom stereocenters. The Labute approximate surface area is 78.6 Å². The van der Waals surface area contributed by atoms with Gasteiger partial charge in [0.05, 0.1) is 11.0 Å². The molecule has 0 aromatic rings. The molecular weight excluding hydrogens is 164 g/mol. The van der Waals surface area contributed by atoms with Crippen LogP contribution >= 0.6 is 0 Å². The van der Waals surface area contributed by atoms with Crippen molar-refractivity contribution in [3.05, 3.63) is 12.7 Å². The van der Waals surface area contributed by atoms with Crippen molar-refractivity contribution in [3.8, 4) is 12.3 Å². The summed E-state index contributed by atoms with van der Waals surface area (Å²) in [6, 6.07) is 0. The van der Waals surface area contributed by atoms with Crippen molar-refractivity contribution >= 4 is 5.78 Å². The highest BCUT2D eigenvalue weighted by Crippen LogP contribution is 2.46. The van der Waals surface area contributed by atoms with E-state index in [4.69, 9.17) is 6.42 Å². The van der Waals surface area contributed by atoms with Crippen LogP contribution in [0, 0.1) is 17.8 Å². The zero-order valence-corrected chi connectivity index (χ0v) is 7.84. The second-order valence-electron chi connectivity index (χ2n) is 3.76. The molecule has 0 heterocycles. The SMILES string of the molecule is C#CC[C@@]1(C)C(=O)CC[C@]1(O)C=C. The maximum absolute atomic E-state index is 11.6. The molecule has 0 spiro atoms. The molecule has 13 heavy (non-hydrogen) atoms. The molecule has 70 valence electrons. The van der Waals surface area contributed by atoms with Gasteiger partial charge in [0.15, 0.2) is 0 Å². The molecule has 1 saturated carbocycles. The highest BCUT2D eigenvalue weighted by atomic mass is 16.3. The summed E-state index contributed by atoms with van der Waals surface area (Å²) in [6.07, 6.45) is 7.72. The zero-order valence-electron chi connectivity index (χ0n) is 7.84. The fourth-order valence-electron chi connectivity index (χ4n) is 1.88. The van der Waals surface area contributed by atoms with Gasteiger partial charge in [-0.3, -0.25) is 4.79 Å². The van der Waals surface area contributed by atoms with Crippen LogP contribution in [0.15, 0.2) is 12.7 Å². The summed E-state index contributed by atoms with van der Waals surface area (Å²) in [4.78, 5) is 11.6. The minimum absolute atomic E-state index is 0.0350. The van der Waals surface area contributed by atoms with Crippen LogP contribution in [0.5, 0.6) is 0 Å². The second-order valence-corrected chi connectivity index (χ2v) is 3.76. The molecule has 0 radical (unpaired) electrons. The monoisotopic (exact) mass is 178 g/mol. The second kappa shape index (κ2) is 3.01. The number of carbonyl (C=O) groups is 1. The number of rotatable bonds is 2. The van der Waals surface area contributed by atoms with Gasteiger partial charge >= 0.3 is 0 Å². The molecule has 0 saturated heterocycles. The summed E-state index contributed by atoms with van der Waals surface area (Å²) in [7, 11) is 0. The molecule has 0 aromatic carbocycles. The van der Waals surface area contributed by atoms with Gasteiger partial charge in [-0.1, -0.05) is 6.08 Å². The third-order valence-corrected chi connectivity index (χ3v) is 3.10. The quantitative estimate of drug-likeness (QED) is 0.511. The van der Waals surface area contributed by atoms with Crippen LogP contribution in [0.4, 0.5) is 0 Å². The van der Waals surface area contributed by atoms with E-state index in [1.54, 1.807) is 6.92 Å². The molecule has 2 atom stereocenters. The molecule has 0 amide bonds. The number of carbonyl (C=O) groups excluding carboxylic acids is 1. The molecular formula is C11H14O2. The van der Waals surface area contributed by atoms with E-state index in [0.29, 0.717) is 12.8 Å². The van der Waals surface area contributed by atoms with Crippen molar-refractivity contribution in [2.24, 2.45) is 5.41 Å². The number of Topliss-reactive ketones (excluding diaryl/α,β-unsaturated/α-hetero) is 1. The van der Waals surface area contributed by atoms with Gasteiger partial charge in [0.1, 0.15) is 5.78 Å². The molecule has 1 rings (SSSR count). The van der Waals surface area contributed by atoms with E-state index in [1.807, 2.05) is 0 Å². The van der Waals surface area contributed by atoms with E-state index >= 15 is 0 Å². The predicted octanol–water partition coefficient (Wildman–Crippen LogP) is 1.30. The lowest BCUT2D eigenvalue weighted by molar-refractivity contribution is -0.130. The minimum atomic E-state index is -1.11. The fourth-order valence-corrected chi connectivity index (χ4v) is 1.88. The van der Waals surface area contributed by atoms with Crippen LogP contribution in [-0.4, -0.2) is 16.5 Å². The molecule has 0 aliphatic heterocycles. The van der Waals surface area contributed by atoms with Crippen molar-refractivity contribution in [1.29, 1.82) is 0 Å². The number of aliphatic hydroxyl groups is 1. The lowest BCUT2D eigenvalue weighted by atomic mass is 9.73. The summed E-state index contributed by atoms with van der Waals surface area (Å²) in [5, 5.41) is 10.1. The Hall–Kier alpha value is -1.07. The highest BCUT2D eigenvalue weighted by molar-refractivity contribution is 5.89. The van der Waals surface area contributed by atoms with Gasteiger partial charge in [-0.15, -0.1) is 18.9 Å².